The number of allylic oxidation sites excluding steroid dienone is 2. The zero-order chi connectivity index (χ0) is 36.3. The maximum Gasteiger partial charge on any atom is 0.330 e. The molecular weight excluding hydrogens is 656 g/mol. The Hall–Kier alpha value is -3.66. The molecule has 3 N–H and O–H groups in total. The molecule has 0 aromatic carbocycles. The number of cyclic esters (lactones) is 1. The second kappa shape index (κ2) is 18.4. The number of Topliss-reactive ketones (excluding diaryl/α,β-unsaturated/α-hetero) is 1. The maximum atomic E-state index is 14.0. The lowest BCUT2D eigenvalue weighted by atomic mass is 9.93. The number of hydrogen-bond donors (Lipinski definition) is 3. The van der Waals surface area contributed by atoms with E-state index < -0.39 is 68.7 Å². The van der Waals surface area contributed by atoms with Gasteiger partial charge in [-0.25, -0.2) is 18.2 Å². The fourth-order valence-corrected chi connectivity index (χ4v) is 7.92. The summed E-state index contributed by atoms with van der Waals surface area (Å²) in [7, 11) is -3.93. The first-order chi connectivity index (χ1) is 23.2. The molecule has 0 radical (unpaired) electrons. The van der Waals surface area contributed by atoms with Crippen molar-refractivity contribution in [3.8, 4) is 0 Å². The van der Waals surface area contributed by atoms with Gasteiger partial charge in [-0.15, -0.1) is 0 Å². The van der Waals surface area contributed by atoms with Crippen molar-refractivity contribution >= 4 is 33.4 Å². The number of hydrogen-bond acceptors (Lipinski definition) is 12. The zero-order valence-corrected chi connectivity index (χ0v) is 29.7. The van der Waals surface area contributed by atoms with E-state index >= 15 is 0 Å². The third-order valence-corrected chi connectivity index (χ3v) is 11.0. The highest BCUT2D eigenvalue weighted by molar-refractivity contribution is 7.92. The van der Waals surface area contributed by atoms with Gasteiger partial charge in [0.05, 0.1) is 23.5 Å². The van der Waals surface area contributed by atoms with Gasteiger partial charge in [-0.3, -0.25) is 14.4 Å². The van der Waals surface area contributed by atoms with Gasteiger partial charge in [-0.2, -0.15) is 0 Å². The number of rotatable bonds is 8. The Labute approximate surface area is 288 Å². The average Bonchev–Trinajstić information content (AvgIpc) is 3.72. The average molecular weight is 707 g/mol. The third-order valence-electron chi connectivity index (χ3n) is 8.85. The molecule has 2 bridgehead atoms. The molecule has 2 amide bonds. The van der Waals surface area contributed by atoms with Crippen LogP contribution in [0, 0.1) is 11.8 Å². The highest BCUT2D eigenvalue weighted by atomic mass is 32.2. The lowest BCUT2D eigenvalue weighted by Gasteiger charge is -2.31. The molecule has 3 rings (SSSR count). The monoisotopic (exact) mass is 706 g/mol. The van der Waals surface area contributed by atoms with Crippen LogP contribution in [-0.4, -0.2) is 126 Å². The zero-order valence-electron chi connectivity index (χ0n) is 28.9. The molecule has 1 unspecified atom stereocenters. The minimum atomic E-state index is -3.93. The molecule has 49 heavy (non-hydrogen) atoms. The molecule has 2 aliphatic heterocycles. The summed E-state index contributed by atoms with van der Waals surface area (Å²) in [6, 6.07) is -1.53. The maximum absolute atomic E-state index is 14.0. The smallest absolute Gasteiger partial charge is 0.330 e. The number of carbonyl (C=O) groups is 4. The second-order valence-electron chi connectivity index (χ2n) is 12.6. The van der Waals surface area contributed by atoms with Crippen LogP contribution in [0.15, 0.2) is 46.6 Å². The van der Waals surface area contributed by atoms with Crippen LogP contribution in [-0.2, 0) is 35.4 Å². The van der Waals surface area contributed by atoms with E-state index in [1.165, 1.54) is 18.2 Å². The Morgan fingerprint density at radius 2 is 1.88 bits per heavy atom. The topological polar surface area (TPSA) is 197 Å². The Bertz CT molecular complexity index is 1510. The fourth-order valence-electron chi connectivity index (χ4n) is 5.99. The number of oxazole rings is 1. The summed E-state index contributed by atoms with van der Waals surface area (Å²) < 4.78 is 38.8. The summed E-state index contributed by atoms with van der Waals surface area (Å²) in [5.41, 5.74) is 0.446. The number of sulfone groups is 1. The predicted octanol–water partition coefficient (Wildman–Crippen LogP) is 1.24. The number of carbonyl (C=O) groups excluding carboxylic acids is 4. The number of nitrogens with zero attached hydrogens (tertiary/aromatic N) is 3. The normalized spacial score (nSPS) is 28.3. The molecule has 6 atom stereocenters. The summed E-state index contributed by atoms with van der Waals surface area (Å²) in [5.74, 6) is -4.06. The van der Waals surface area contributed by atoms with Gasteiger partial charge < -0.3 is 34.5 Å². The van der Waals surface area contributed by atoms with Crippen LogP contribution in [0.5, 0.6) is 0 Å². The van der Waals surface area contributed by atoms with E-state index in [-0.39, 0.29) is 62.8 Å². The van der Waals surface area contributed by atoms with Crippen molar-refractivity contribution in [2.75, 3.05) is 45.1 Å². The van der Waals surface area contributed by atoms with E-state index in [1.54, 1.807) is 32.9 Å². The standard InChI is InChI=1S/C34H50N4O10S/c1-6-37(7-2)15-16-49(45,46)28-12-14-38-31(28)34(44)48-32(24(5)20-39)23(4)10-11-29(42)35-13-8-9-22(3)17-25(40)18-26(41)19-30-36-27(21-47-30)33(38)43/h8-11,17,21,23-25,28,31-32,39-40H,6-7,12-16,18-20H2,1-5H3,(H,35,42)/b9-8+,11-10+,22-17+/t23-,24?,25-,28-,31-,32+/m1/s1. The van der Waals surface area contributed by atoms with Crippen molar-refractivity contribution in [3.63, 3.8) is 0 Å². The lowest BCUT2D eigenvalue weighted by Crippen LogP contribution is -2.51. The largest absolute Gasteiger partial charge is 0.460 e. The summed E-state index contributed by atoms with van der Waals surface area (Å²) in [6.07, 6.45) is 6.08. The summed E-state index contributed by atoms with van der Waals surface area (Å²) in [4.78, 5) is 60.2. The number of esters is 1. The number of fused-ring (bicyclic) bond motifs is 3. The first-order valence-electron chi connectivity index (χ1n) is 16.7. The molecule has 2 aliphatic rings. The molecular formula is C34H50N4O10S. The van der Waals surface area contributed by atoms with E-state index in [2.05, 4.69) is 10.3 Å². The molecule has 3 heterocycles. The van der Waals surface area contributed by atoms with Gasteiger partial charge in [-0.1, -0.05) is 57.6 Å². The van der Waals surface area contributed by atoms with Crippen molar-refractivity contribution in [2.45, 2.75) is 77.4 Å². The van der Waals surface area contributed by atoms with Crippen molar-refractivity contribution in [1.82, 2.24) is 20.1 Å². The molecule has 1 aromatic rings. The van der Waals surface area contributed by atoms with Gasteiger partial charge in [0.2, 0.25) is 11.8 Å². The van der Waals surface area contributed by atoms with Gasteiger partial charge in [0, 0.05) is 44.5 Å². The molecule has 0 spiro atoms. The van der Waals surface area contributed by atoms with E-state index in [0.717, 1.165) is 11.2 Å². The lowest BCUT2D eigenvalue weighted by molar-refractivity contribution is -0.159. The molecule has 272 valence electrons. The van der Waals surface area contributed by atoms with Crippen molar-refractivity contribution in [1.29, 1.82) is 0 Å². The van der Waals surface area contributed by atoms with Gasteiger partial charge in [0.1, 0.15) is 24.2 Å². The number of amides is 2. The van der Waals surface area contributed by atoms with Crippen LogP contribution in [0.1, 0.15) is 63.8 Å². The molecule has 1 aromatic heterocycles. The van der Waals surface area contributed by atoms with Crippen LogP contribution in [0.3, 0.4) is 0 Å². The molecule has 15 heteroatoms. The molecule has 14 nitrogen and oxygen atoms in total. The van der Waals surface area contributed by atoms with Gasteiger partial charge in [-0.05, 0) is 32.5 Å². The van der Waals surface area contributed by atoms with Gasteiger partial charge in [0.25, 0.3) is 5.91 Å². The highest BCUT2D eigenvalue weighted by Crippen LogP contribution is 2.30. The fraction of sp³-hybridized carbons (Fsp3) is 0.618. The minimum absolute atomic E-state index is 0.0234. The van der Waals surface area contributed by atoms with Crippen LogP contribution in [0.2, 0.25) is 0 Å². The predicted molar refractivity (Wildman–Crippen MR) is 181 cm³/mol. The van der Waals surface area contributed by atoms with Gasteiger partial charge >= 0.3 is 5.97 Å². The summed E-state index contributed by atoms with van der Waals surface area (Å²) in [5, 5.41) is 21.8. The molecule has 0 saturated carbocycles. The van der Waals surface area contributed by atoms with Crippen molar-refractivity contribution < 1.29 is 47.0 Å². The molecule has 1 fully saturated rings. The Morgan fingerprint density at radius 1 is 1.16 bits per heavy atom. The Balaban J connectivity index is 2.02. The van der Waals surface area contributed by atoms with E-state index in [9.17, 15) is 37.8 Å². The van der Waals surface area contributed by atoms with Crippen LogP contribution < -0.4 is 5.32 Å². The van der Waals surface area contributed by atoms with Crippen LogP contribution in [0.4, 0.5) is 0 Å². The van der Waals surface area contributed by atoms with Crippen LogP contribution in [0.25, 0.3) is 0 Å². The summed E-state index contributed by atoms with van der Waals surface area (Å²) in [6.45, 7) is 10.2. The van der Waals surface area contributed by atoms with Crippen molar-refractivity contribution in [2.24, 2.45) is 11.8 Å². The second-order valence-corrected chi connectivity index (χ2v) is 15.0. The van der Waals surface area contributed by atoms with Gasteiger partial charge in [0.15, 0.2) is 15.5 Å². The third kappa shape index (κ3) is 11.2. The van der Waals surface area contributed by atoms with Crippen LogP contribution >= 0.6 is 0 Å². The number of ketones is 1. The Kier molecular flexibility index (Phi) is 14.9. The Morgan fingerprint density at radius 3 is 2.55 bits per heavy atom. The number of aromatic nitrogens is 1. The first-order valence-corrected chi connectivity index (χ1v) is 18.4. The first kappa shape index (κ1) is 39.8. The highest BCUT2D eigenvalue weighted by Gasteiger charge is 2.50. The van der Waals surface area contributed by atoms with Crippen molar-refractivity contribution in [3.05, 3.63) is 53.8 Å². The number of aliphatic hydroxyl groups excluding tert-OH is 2. The number of ether oxygens (including phenoxy) is 1. The van der Waals surface area contributed by atoms with E-state index in [1.807, 2.05) is 18.7 Å². The molecule has 0 aliphatic carbocycles. The number of aliphatic hydroxyl groups is 2. The summed E-state index contributed by atoms with van der Waals surface area (Å²) >= 11 is 0. The number of nitrogens with one attached hydrogen (secondary N) is 1. The molecule has 1 saturated heterocycles. The van der Waals surface area contributed by atoms with E-state index in [0.29, 0.717) is 18.7 Å². The SMILES string of the molecule is CCN(CC)CCS(=O)(=O)[C@@H]1CCN2C(=O)c3coc(n3)CC(=O)C[C@H](O)/C=C(C)/C=C/CNC(=O)/C=C/[C@@H](C)[C@@H](C(C)CO)OC(=O)[C@@H]12. The van der Waals surface area contributed by atoms with E-state index in [4.69, 9.17) is 9.15 Å². The minimum Gasteiger partial charge on any atom is -0.460 e. The quantitative estimate of drug-likeness (QED) is 0.328.